The molecule has 0 aromatic carbocycles. The van der Waals surface area contributed by atoms with Crippen molar-refractivity contribution < 1.29 is 18.8 Å². The van der Waals surface area contributed by atoms with Crippen LogP contribution in [0.15, 0.2) is 10.6 Å². The van der Waals surface area contributed by atoms with Gasteiger partial charge in [-0.25, -0.2) is 0 Å². The topological polar surface area (TPSA) is 72.6 Å². The second-order valence-corrected chi connectivity index (χ2v) is 8.51. The predicted octanol–water partition coefficient (Wildman–Crippen LogP) is 3.03. The number of nitrogens with zero attached hydrogens (tertiary/aromatic N) is 2. The first-order valence-corrected chi connectivity index (χ1v) is 9.74. The van der Waals surface area contributed by atoms with Crippen LogP contribution in [-0.4, -0.2) is 47.0 Å². The fourth-order valence-electron chi connectivity index (χ4n) is 3.73. The summed E-state index contributed by atoms with van der Waals surface area (Å²) in [6, 6.07) is 1.52. The maximum atomic E-state index is 12.9. The lowest BCUT2D eigenvalue weighted by Crippen LogP contribution is -2.49. The third-order valence-electron chi connectivity index (χ3n) is 5.27. The van der Waals surface area contributed by atoms with E-state index >= 15 is 0 Å². The lowest BCUT2D eigenvalue weighted by atomic mass is 9.92. The van der Waals surface area contributed by atoms with Gasteiger partial charge in [-0.2, -0.15) is 0 Å². The molecule has 3 rings (SSSR count). The van der Waals surface area contributed by atoms with E-state index in [2.05, 4.69) is 5.16 Å². The number of amides is 1. The van der Waals surface area contributed by atoms with Crippen LogP contribution in [-0.2, 0) is 26.2 Å². The maximum absolute atomic E-state index is 12.9. The van der Waals surface area contributed by atoms with E-state index in [1.807, 2.05) is 26.8 Å². The molecule has 26 heavy (non-hydrogen) atoms. The highest BCUT2D eigenvalue weighted by molar-refractivity contribution is 5.90. The van der Waals surface area contributed by atoms with Crippen LogP contribution in [0.2, 0.25) is 0 Å². The molecule has 0 bridgehead atoms. The van der Waals surface area contributed by atoms with Crippen LogP contribution in [0.3, 0.4) is 0 Å². The van der Waals surface area contributed by atoms with Gasteiger partial charge in [-0.05, 0) is 32.1 Å². The van der Waals surface area contributed by atoms with E-state index in [0.717, 1.165) is 44.5 Å². The Labute approximate surface area is 155 Å². The number of piperidine rings is 1. The van der Waals surface area contributed by atoms with Crippen molar-refractivity contribution in [3.63, 3.8) is 0 Å². The van der Waals surface area contributed by atoms with E-state index in [-0.39, 0.29) is 35.7 Å². The van der Waals surface area contributed by atoms with Gasteiger partial charge in [0.2, 0.25) is 5.91 Å². The fraction of sp³-hybridized carbons (Fsp3) is 0.750. The summed E-state index contributed by atoms with van der Waals surface area (Å²) in [5.74, 6) is 0.875. The molecule has 0 unspecified atom stereocenters. The van der Waals surface area contributed by atoms with Crippen molar-refractivity contribution >= 4 is 11.7 Å². The van der Waals surface area contributed by atoms with Crippen molar-refractivity contribution in [2.24, 2.45) is 0 Å². The molecule has 2 saturated heterocycles. The molecule has 6 heteroatoms. The number of likely N-dealkylation sites (tertiary alicyclic amines) is 1. The Balaban J connectivity index is 1.63. The molecule has 2 fully saturated rings. The Morgan fingerprint density at radius 1 is 1.23 bits per heavy atom. The standard InChI is InChI=1S/C20H30N2O4/c1-20(2,3)18-12-14(21-26-18)11-17(23)16-8-4-5-9-22(16)19(24)13-15-7-6-10-25-15/h12,15-16H,4-11,13H2,1-3H3/t15-,16+/m1/s1. The van der Waals surface area contributed by atoms with Gasteiger partial charge in [0, 0.05) is 24.6 Å². The van der Waals surface area contributed by atoms with Crippen molar-refractivity contribution in [3.05, 3.63) is 17.5 Å². The minimum atomic E-state index is -0.340. The molecule has 2 atom stereocenters. The summed E-state index contributed by atoms with van der Waals surface area (Å²) in [5.41, 5.74) is 0.514. The van der Waals surface area contributed by atoms with Crippen LogP contribution < -0.4 is 0 Å². The summed E-state index contributed by atoms with van der Waals surface area (Å²) >= 11 is 0. The summed E-state index contributed by atoms with van der Waals surface area (Å²) in [6.45, 7) is 7.54. The van der Waals surface area contributed by atoms with E-state index in [0.29, 0.717) is 18.7 Å². The number of hydrogen-bond donors (Lipinski definition) is 0. The van der Waals surface area contributed by atoms with E-state index in [1.165, 1.54) is 0 Å². The summed E-state index contributed by atoms with van der Waals surface area (Å²) in [7, 11) is 0. The molecule has 0 aliphatic carbocycles. The third-order valence-corrected chi connectivity index (χ3v) is 5.27. The van der Waals surface area contributed by atoms with Crippen molar-refractivity contribution in [2.45, 2.75) is 83.3 Å². The van der Waals surface area contributed by atoms with Crippen LogP contribution in [0.1, 0.15) is 70.8 Å². The normalized spacial score (nSPS) is 24.0. The van der Waals surface area contributed by atoms with Gasteiger partial charge in [-0.15, -0.1) is 0 Å². The van der Waals surface area contributed by atoms with Gasteiger partial charge in [-0.1, -0.05) is 25.9 Å². The molecule has 6 nitrogen and oxygen atoms in total. The van der Waals surface area contributed by atoms with E-state index < -0.39 is 0 Å². The van der Waals surface area contributed by atoms with Gasteiger partial charge < -0.3 is 14.2 Å². The Morgan fingerprint density at radius 3 is 2.69 bits per heavy atom. The second kappa shape index (κ2) is 7.91. The quantitative estimate of drug-likeness (QED) is 0.805. The van der Waals surface area contributed by atoms with Gasteiger partial charge in [0.1, 0.15) is 5.76 Å². The molecule has 1 amide bonds. The first-order chi connectivity index (χ1) is 12.3. The highest BCUT2D eigenvalue weighted by Crippen LogP contribution is 2.25. The van der Waals surface area contributed by atoms with E-state index in [9.17, 15) is 9.59 Å². The SMILES string of the molecule is CC(C)(C)c1cc(CC(=O)[C@@H]2CCCCN2C(=O)C[C@H]2CCCO2)no1. The lowest BCUT2D eigenvalue weighted by Gasteiger charge is -2.35. The van der Waals surface area contributed by atoms with Crippen molar-refractivity contribution in [1.82, 2.24) is 10.1 Å². The van der Waals surface area contributed by atoms with Crippen molar-refractivity contribution in [2.75, 3.05) is 13.2 Å². The number of aromatic nitrogens is 1. The number of rotatable bonds is 5. The number of ether oxygens (including phenoxy) is 1. The van der Waals surface area contributed by atoms with E-state index in [4.69, 9.17) is 9.26 Å². The average Bonchev–Trinajstić information content (AvgIpc) is 3.26. The average molecular weight is 362 g/mol. The molecule has 144 valence electrons. The van der Waals surface area contributed by atoms with Gasteiger partial charge in [0.05, 0.1) is 30.7 Å². The van der Waals surface area contributed by atoms with Gasteiger partial charge in [0.25, 0.3) is 0 Å². The van der Waals surface area contributed by atoms with Crippen LogP contribution in [0.4, 0.5) is 0 Å². The summed E-state index contributed by atoms with van der Waals surface area (Å²) < 4.78 is 11.0. The minimum Gasteiger partial charge on any atom is -0.378 e. The summed E-state index contributed by atoms with van der Waals surface area (Å²) in [4.78, 5) is 27.4. The van der Waals surface area contributed by atoms with E-state index in [1.54, 1.807) is 4.90 Å². The van der Waals surface area contributed by atoms with Crippen LogP contribution in [0.5, 0.6) is 0 Å². The predicted molar refractivity (Wildman–Crippen MR) is 96.9 cm³/mol. The van der Waals surface area contributed by atoms with Crippen molar-refractivity contribution in [1.29, 1.82) is 0 Å². The molecular weight excluding hydrogens is 332 g/mol. The minimum absolute atomic E-state index is 0.0186. The Hall–Kier alpha value is -1.69. The molecular formula is C20H30N2O4. The fourth-order valence-corrected chi connectivity index (χ4v) is 3.73. The van der Waals surface area contributed by atoms with Crippen molar-refractivity contribution in [3.8, 4) is 0 Å². The number of Topliss-reactive ketones (excluding diaryl/α,β-unsaturated/α-hetero) is 1. The molecule has 0 spiro atoms. The zero-order valence-corrected chi connectivity index (χ0v) is 16.1. The van der Waals surface area contributed by atoms with Crippen LogP contribution in [0.25, 0.3) is 0 Å². The summed E-state index contributed by atoms with van der Waals surface area (Å²) in [5, 5.41) is 4.05. The van der Waals surface area contributed by atoms with Gasteiger partial charge in [0.15, 0.2) is 5.78 Å². The summed E-state index contributed by atoms with van der Waals surface area (Å²) in [6.07, 6.45) is 5.25. The first kappa shape index (κ1) is 19.1. The number of hydrogen-bond acceptors (Lipinski definition) is 5. The molecule has 0 N–H and O–H groups in total. The third kappa shape index (κ3) is 4.53. The molecule has 1 aromatic rings. The first-order valence-electron chi connectivity index (χ1n) is 9.74. The largest absolute Gasteiger partial charge is 0.378 e. The lowest BCUT2D eigenvalue weighted by molar-refractivity contribution is -0.143. The van der Waals surface area contributed by atoms with Crippen LogP contribution in [0, 0.1) is 0 Å². The zero-order valence-electron chi connectivity index (χ0n) is 16.1. The highest BCUT2D eigenvalue weighted by Gasteiger charge is 2.34. The van der Waals surface area contributed by atoms with Crippen LogP contribution >= 0.6 is 0 Å². The Morgan fingerprint density at radius 2 is 2.04 bits per heavy atom. The van der Waals surface area contributed by atoms with Gasteiger partial charge in [-0.3, -0.25) is 9.59 Å². The molecule has 0 radical (unpaired) electrons. The number of carbonyl (C=O) groups excluding carboxylic acids is 2. The number of carbonyl (C=O) groups is 2. The Kier molecular flexibility index (Phi) is 5.80. The molecule has 2 aliphatic rings. The monoisotopic (exact) mass is 362 g/mol. The molecule has 1 aromatic heterocycles. The second-order valence-electron chi connectivity index (χ2n) is 8.51. The number of ketones is 1. The van der Waals surface area contributed by atoms with Gasteiger partial charge >= 0.3 is 0 Å². The molecule has 2 aliphatic heterocycles. The molecule has 0 saturated carbocycles. The smallest absolute Gasteiger partial charge is 0.225 e. The Bertz CT molecular complexity index is 640. The zero-order chi connectivity index (χ0) is 18.7. The maximum Gasteiger partial charge on any atom is 0.225 e. The molecule has 3 heterocycles. The highest BCUT2D eigenvalue weighted by atomic mass is 16.5.